The lowest BCUT2D eigenvalue weighted by molar-refractivity contribution is -0.133. The molecule has 3 amide bonds. The van der Waals surface area contributed by atoms with E-state index in [1.54, 1.807) is 0 Å². The molecule has 1 aliphatic rings. The molecule has 0 radical (unpaired) electrons. The van der Waals surface area contributed by atoms with Crippen LogP contribution in [0.2, 0.25) is 0 Å². The van der Waals surface area contributed by atoms with Crippen molar-refractivity contribution in [2.45, 2.75) is 58.1 Å². The number of carbonyl (C=O) groups excluding carboxylic acids is 3. The number of nitrogens with one attached hydrogen (secondary N) is 1. The summed E-state index contributed by atoms with van der Waals surface area (Å²) < 4.78 is 10.5. The second-order valence-electron chi connectivity index (χ2n) is 9.59. The standard InChI is InChI=1S/C27H34N2O5/c1-27(2,3)34-25(31)28-16-10-15-22(17-20-11-6-4-7-12-20)24(30)29-23(19-33-26(29)32)18-21-13-8-5-9-14-21/h4-9,11-14,22-23H,10,15-19H2,1-3H3,(H,28,31)/t22-,23-/m1/s1. The van der Waals surface area contributed by atoms with Gasteiger partial charge in [-0.05, 0) is 57.6 Å². The van der Waals surface area contributed by atoms with Crippen molar-refractivity contribution >= 4 is 18.1 Å². The van der Waals surface area contributed by atoms with Crippen LogP contribution in [0.3, 0.4) is 0 Å². The molecule has 0 aromatic heterocycles. The number of rotatable bonds is 9. The van der Waals surface area contributed by atoms with Crippen LogP contribution >= 0.6 is 0 Å². The number of nitrogens with zero attached hydrogens (tertiary/aromatic N) is 1. The molecule has 182 valence electrons. The summed E-state index contributed by atoms with van der Waals surface area (Å²) in [6, 6.07) is 19.2. The van der Waals surface area contributed by atoms with Crippen LogP contribution in [0.15, 0.2) is 60.7 Å². The molecule has 0 saturated carbocycles. The van der Waals surface area contributed by atoms with Crippen LogP contribution in [-0.4, -0.2) is 47.8 Å². The molecule has 1 heterocycles. The summed E-state index contributed by atoms with van der Waals surface area (Å²) in [7, 11) is 0. The van der Waals surface area contributed by atoms with Crippen LogP contribution in [0.4, 0.5) is 9.59 Å². The Morgan fingerprint density at radius 1 is 1.06 bits per heavy atom. The van der Waals surface area contributed by atoms with E-state index < -0.39 is 23.7 Å². The van der Waals surface area contributed by atoms with E-state index in [9.17, 15) is 14.4 Å². The van der Waals surface area contributed by atoms with E-state index in [0.29, 0.717) is 32.2 Å². The van der Waals surface area contributed by atoms with Crippen molar-refractivity contribution < 1.29 is 23.9 Å². The molecule has 2 atom stereocenters. The van der Waals surface area contributed by atoms with E-state index in [2.05, 4.69) is 5.32 Å². The zero-order chi connectivity index (χ0) is 24.6. The Morgan fingerprint density at radius 3 is 2.29 bits per heavy atom. The zero-order valence-corrected chi connectivity index (χ0v) is 20.2. The number of alkyl carbamates (subject to hydrolysis) is 1. The number of ether oxygens (including phenoxy) is 2. The fourth-order valence-corrected chi connectivity index (χ4v) is 4.03. The fourth-order valence-electron chi connectivity index (χ4n) is 4.03. The Morgan fingerprint density at radius 2 is 1.68 bits per heavy atom. The van der Waals surface area contributed by atoms with E-state index >= 15 is 0 Å². The molecule has 2 aromatic rings. The third-order valence-electron chi connectivity index (χ3n) is 5.58. The number of benzene rings is 2. The van der Waals surface area contributed by atoms with Gasteiger partial charge >= 0.3 is 12.2 Å². The first-order chi connectivity index (χ1) is 16.2. The van der Waals surface area contributed by atoms with Gasteiger partial charge in [-0.25, -0.2) is 14.5 Å². The number of cyclic esters (lactones) is 1. The highest BCUT2D eigenvalue weighted by Gasteiger charge is 2.40. The maximum atomic E-state index is 13.6. The van der Waals surface area contributed by atoms with Gasteiger partial charge in [0.15, 0.2) is 0 Å². The first-order valence-corrected chi connectivity index (χ1v) is 11.8. The number of carbonyl (C=O) groups is 3. The second-order valence-corrected chi connectivity index (χ2v) is 9.59. The smallest absolute Gasteiger partial charge is 0.416 e. The molecule has 7 heteroatoms. The van der Waals surface area contributed by atoms with Gasteiger partial charge in [-0.15, -0.1) is 0 Å². The highest BCUT2D eigenvalue weighted by atomic mass is 16.6. The van der Waals surface area contributed by atoms with Gasteiger partial charge in [0.05, 0.1) is 6.04 Å². The number of amides is 3. The lowest BCUT2D eigenvalue weighted by atomic mass is 9.92. The highest BCUT2D eigenvalue weighted by molar-refractivity contribution is 5.95. The molecule has 1 N–H and O–H groups in total. The van der Waals surface area contributed by atoms with E-state index in [4.69, 9.17) is 9.47 Å². The van der Waals surface area contributed by atoms with E-state index in [-0.39, 0.29) is 18.6 Å². The highest BCUT2D eigenvalue weighted by Crippen LogP contribution is 2.24. The minimum absolute atomic E-state index is 0.192. The van der Waals surface area contributed by atoms with Gasteiger partial charge in [0, 0.05) is 12.5 Å². The Balaban J connectivity index is 1.66. The minimum atomic E-state index is -0.587. The van der Waals surface area contributed by atoms with Gasteiger partial charge in [0.2, 0.25) is 5.91 Å². The molecule has 34 heavy (non-hydrogen) atoms. The molecule has 1 aliphatic heterocycles. The van der Waals surface area contributed by atoms with Crippen molar-refractivity contribution in [3.63, 3.8) is 0 Å². The molecule has 3 rings (SSSR count). The maximum absolute atomic E-state index is 13.6. The lowest BCUT2D eigenvalue weighted by Gasteiger charge is -2.25. The fraction of sp³-hybridized carbons (Fsp3) is 0.444. The predicted octanol–water partition coefficient (Wildman–Crippen LogP) is 4.74. The first kappa shape index (κ1) is 25.3. The zero-order valence-electron chi connectivity index (χ0n) is 20.2. The van der Waals surface area contributed by atoms with Gasteiger partial charge < -0.3 is 14.8 Å². The summed E-state index contributed by atoms with van der Waals surface area (Å²) in [6.45, 7) is 6.00. The van der Waals surface area contributed by atoms with Crippen LogP contribution in [0, 0.1) is 5.92 Å². The molecule has 2 aromatic carbocycles. The van der Waals surface area contributed by atoms with Crippen LogP contribution in [0.1, 0.15) is 44.7 Å². The monoisotopic (exact) mass is 466 g/mol. The normalized spacial score (nSPS) is 16.6. The van der Waals surface area contributed by atoms with Gasteiger partial charge in [-0.3, -0.25) is 4.79 Å². The summed E-state index contributed by atoms with van der Waals surface area (Å²) >= 11 is 0. The predicted molar refractivity (Wildman–Crippen MR) is 129 cm³/mol. The van der Waals surface area contributed by atoms with Crippen molar-refractivity contribution in [3.05, 3.63) is 71.8 Å². The van der Waals surface area contributed by atoms with Gasteiger partial charge in [-0.1, -0.05) is 60.7 Å². The quantitative estimate of drug-likeness (QED) is 0.540. The average molecular weight is 467 g/mol. The molecular weight excluding hydrogens is 432 g/mol. The number of imide groups is 1. The van der Waals surface area contributed by atoms with Crippen LogP contribution in [0.25, 0.3) is 0 Å². The SMILES string of the molecule is CC(C)(C)OC(=O)NCCC[C@H](Cc1ccccc1)C(=O)N1C(=O)OC[C@H]1Cc1ccccc1. The average Bonchev–Trinajstić information content (AvgIpc) is 3.15. The van der Waals surface area contributed by atoms with Gasteiger partial charge in [-0.2, -0.15) is 0 Å². The van der Waals surface area contributed by atoms with Gasteiger partial charge in [0.25, 0.3) is 0 Å². The van der Waals surface area contributed by atoms with Crippen molar-refractivity contribution in [1.29, 1.82) is 0 Å². The van der Waals surface area contributed by atoms with E-state index in [0.717, 1.165) is 11.1 Å². The van der Waals surface area contributed by atoms with Crippen LogP contribution < -0.4 is 5.32 Å². The summed E-state index contributed by atoms with van der Waals surface area (Å²) in [5.74, 6) is -0.642. The largest absolute Gasteiger partial charge is 0.447 e. The van der Waals surface area contributed by atoms with Crippen molar-refractivity contribution in [2.24, 2.45) is 5.92 Å². The van der Waals surface area contributed by atoms with Crippen molar-refractivity contribution in [2.75, 3.05) is 13.2 Å². The van der Waals surface area contributed by atoms with Crippen LogP contribution in [-0.2, 0) is 27.1 Å². The molecule has 7 nitrogen and oxygen atoms in total. The molecule has 1 saturated heterocycles. The van der Waals surface area contributed by atoms with E-state index in [1.165, 1.54) is 4.90 Å². The Bertz CT molecular complexity index is 956. The van der Waals surface area contributed by atoms with Crippen molar-refractivity contribution in [1.82, 2.24) is 10.2 Å². The Labute approximate surface area is 201 Å². The minimum Gasteiger partial charge on any atom is -0.447 e. The van der Waals surface area contributed by atoms with Crippen molar-refractivity contribution in [3.8, 4) is 0 Å². The first-order valence-electron chi connectivity index (χ1n) is 11.8. The van der Waals surface area contributed by atoms with E-state index in [1.807, 2.05) is 81.4 Å². The summed E-state index contributed by atoms with van der Waals surface area (Å²) in [4.78, 5) is 39.3. The Kier molecular flexibility index (Phi) is 8.68. The number of hydrogen-bond acceptors (Lipinski definition) is 5. The topological polar surface area (TPSA) is 84.9 Å². The lowest BCUT2D eigenvalue weighted by Crippen LogP contribution is -2.44. The summed E-state index contributed by atoms with van der Waals surface area (Å²) in [5, 5.41) is 2.74. The third kappa shape index (κ3) is 7.61. The number of hydrogen-bond donors (Lipinski definition) is 1. The molecule has 0 unspecified atom stereocenters. The molecular formula is C27H34N2O5. The molecule has 0 aliphatic carbocycles. The Hall–Kier alpha value is -3.35. The third-order valence-corrected chi connectivity index (χ3v) is 5.58. The molecule has 0 bridgehead atoms. The van der Waals surface area contributed by atoms with Gasteiger partial charge in [0.1, 0.15) is 12.2 Å². The summed E-state index contributed by atoms with van der Waals surface area (Å²) in [6.07, 6.45) is 1.09. The van der Waals surface area contributed by atoms with Crippen LogP contribution in [0.5, 0.6) is 0 Å². The second kappa shape index (κ2) is 11.7. The summed E-state index contributed by atoms with van der Waals surface area (Å²) in [5.41, 5.74) is 1.50. The molecule has 1 fully saturated rings. The molecule has 0 spiro atoms. The maximum Gasteiger partial charge on any atom is 0.416 e.